The van der Waals surface area contributed by atoms with Gasteiger partial charge in [-0.15, -0.1) is 5.92 Å². The smallest absolute Gasteiger partial charge is 0.269 e. The Morgan fingerprint density at radius 2 is 1.80 bits per heavy atom. The minimum atomic E-state index is -0.482. The fourth-order valence-electron chi connectivity index (χ4n) is 5.19. The Labute approximate surface area is 206 Å². The van der Waals surface area contributed by atoms with Crippen LogP contribution in [0.5, 0.6) is 11.5 Å². The number of likely N-dealkylation sites (tertiary alicyclic amines) is 1. The predicted octanol–water partition coefficient (Wildman–Crippen LogP) is 4.21. The molecule has 1 saturated heterocycles. The molecule has 0 saturated carbocycles. The number of piperidine rings is 1. The predicted molar refractivity (Wildman–Crippen MR) is 137 cm³/mol. The first-order valence-corrected chi connectivity index (χ1v) is 12.3. The molecule has 7 heteroatoms. The molecule has 1 fully saturated rings. The molecular weight excluding hydrogens is 438 g/mol. The van der Waals surface area contributed by atoms with E-state index < -0.39 is 5.91 Å². The van der Waals surface area contributed by atoms with Crippen LogP contribution < -0.4 is 15.9 Å². The molecule has 0 radical (unpaired) electrons. The first kappa shape index (κ1) is 23.0. The van der Waals surface area contributed by atoms with Crippen LogP contribution in [0.3, 0.4) is 0 Å². The molecule has 1 aromatic heterocycles. The van der Waals surface area contributed by atoms with Gasteiger partial charge in [0.25, 0.3) is 5.91 Å². The number of nitrogens with one attached hydrogen (secondary N) is 1. The fourth-order valence-corrected chi connectivity index (χ4v) is 5.19. The minimum Gasteiger partial charge on any atom is -0.457 e. The summed E-state index contributed by atoms with van der Waals surface area (Å²) in [6.07, 6.45) is 3.21. The second-order valence-electron chi connectivity index (χ2n) is 9.15. The fraction of sp³-hybridized carbons (Fsp3) is 0.357. The third kappa shape index (κ3) is 4.89. The van der Waals surface area contributed by atoms with Gasteiger partial charge in [0.1, 0.15) is 23.0 Å². The van der Waals surface area contributed by atoms with E-state index in [4.69, 9.17) is 15.5 Å². The van der Waals surface area contributed by atoms with Crippen LogP contribution in [0.2, 0.25) is 0 Å². The number of fused-ring (bicyclic) bond motifs is 1. The molecule has 0 bridgehead atoms. The number of nitrogens with zero attached hydrogens (tertiary/aromatic N) is 3. The second-order valence-corrected chi connectivity index (χ2v) is 9.15. The lowest BCUT2D eigenvalue weighted by Crippen LogP contribution is -2.39. The zero-order valence-corrected chi connectivity index (χ0v) is 20.0. The molecule has 5 rings (SSSR count). The molecule has 3 heterocycles. The lowest BCUT2D eigenvalue weighted by Gasteiger charge is -2.37. The third-order valence-electron chi connectivity index (χ3n) is 6.98. The number of imidazole rings is 1. The molecule has 1 unspecified atom stereocenters. The molecule has 180 valence electrons. The van der Waals surface area contributed by atoms with E-state index in [1.54, 1.807) is 0 Å². The van der Waals surface area contributed by atoms with Crippen molar-refractivity contribution in [3.8, 4) is 34.6 Å². The lowest BCUT2D eigenvalue weighted by molar-refractivity contribution is 0.0992. The van der Waals surface area contributed by atoms with Crippen molar-refractivity contribution in [1.82, 2.24) is 14.6 Å². The summed E-state index contributed by atoms with van der Waals surface area (Å²) in [6.45, 7) is 5.60. The number of carbonyl (C=O) groups is 1. The van der Waals surface area contributed by atoms with E-state index >= 15 is 0 Å². The van der Waals surface area contributed by atoms with Crippen molar-refractivity contribution in [2.24, 2.45) is 11.7 Å². The molecule has 3 aromatic rings. The molecule has 0 aliphatic carbocycles. The Morgan fingerprint density at radius 1 is 1.09 bits per heavy atom. The number of hydrogen-bond acceptors (Lipinski definition) is 5. The molecule has 2 aliphatic heterocycles. The zero-order valence-electron chi connectivity index (χ0n) is 20.0. The molecule has 2 aromatic carbocycles. The average Bonchev–Trinajstić information content (AvgIpc) is 3.29. The van der Waals surface area contributed by atoms with Gasteiger partial charge < -0.3 is 15.9 Å². The van der Waals surface area contributed by atoms with Crippen LogP contribution in [0.4, 0.5) is 0 Å². The summed E-state index contributed by atoms with van der Waals surface area (Å²) in [4.78, 5) is 20.0. The first-order chi connectivity index (χ1) is 17.1. The Bertz CT molecular complexity index is 1230. The Kier molecular flexibility index (Phi) is 6.73. The summed E-state index contributed by atoms with van der Waals surface area (Å²) in [5, 5.41) is 0. The van der Waals surface area contributed by atoms with Crippen molar-refractivity contribution >= 4 is 5.91 Å². The third-order valence-corrected chi connectivity index (χ3v) is 6.98. The first-order valence-electron chi connectivity index (χ1n) is 12.3. The van der Waals surface area contributed by atoms with Gasteiger partial charge >= 0.3 is 0 Å². The number of rotatable bonds is 6. The van der Waals surface area contributed by atoms with Crippen molar-refractivity contribution in [2.45, 2.75) is 32.1 Å². The standard InChI is InChI=1S/C28H31N5O2/c1-2-3-17-32-18-14-20(15-19-32)24-13-16-30-33-26(27(29)34)25(31-28(24)33)21-9-11-23(12-10-21)35-22-7-5-4-6-8-22/h4-12,20,24,30H,13-19H2,1H3,(H2,29,34). The number of ether oxygens (including phenoxy) is 1. The minimum absolute atomic E-state index is 0.295. The van der Waals surface area contributed by atoms with Crippen LogP contribution in [0.25, 0.3) is 11.3 Å². The number of nitrogens with two attached hydrogens (primary N) is 1. The normalized spacial score (nSPS) is 18.1. The van der Waals surface area contributed by atoms with Gasteiger partial charge in [0, 0.05) is 18.0 Å². The summed E-state index contributed by atoms with van der Waals surface area (Å²) >= 11 is 0. The molecular formula is C28H31N5O2. The van der Waals surface area contributed by atoms with E-state index in [0.717, 1.165) is 68.3 Å². The summed E-state index contributed by atoms with van der Waals surface area (Å²) in [6, 6.07) is 17.3. The maximum Gasteiger partial charge on any atom is 0.269 e. The molecule has 3 N–H and O–H groups in total. The van der Waals surface area contributed by atoms with Gasteiger partial charge in [-0.05, 0) is 81.6 Å². The largest absolute Gasteiger partial charge is 0.457 e. The highest BCUT2D eigenvalue weighted by Crippen LogP contribution is 2.39. The van der Waals surface area contributed by atoms with Gasteiger partial charge in [-0.3, -0.25) is 9.69 Å². The SMILES string of the molecule is CC#CCN1CCC(C2CCNn3c2nc(-c2ccc(Oc4ccccc4)cc2)c3C(N)=O)CC1. The zero-order chi connectivity index (χ0) is 24.2. The van der Waals surface area contributed by atoms with Gasteiger partial charge in [-0.1, -0.05) is 24.1 Å². The molecule has 1 amide bonds. The highest BCUT2D eigenvalue weighted by molar-refractivity contribution is 5.97. The van der Waals surface area contributed by atoms with Crippen molar-refractivity contribution in [1.29, 1.82) is 0 Å². The van der Waals surface area contributed by atoms with Crippen molar-refractivity contribution in [2.75, 3.05) is 31.6 Å². The van der Waals surface area contributed by atoms with E-state index in [-0.39, 0.29) is 0 Å². The molecule has 7 nitrogen and oxygen atoms in total. The topological polar surface area (TPSA) is 85.4 Å². The highest BCUT2D eigenvalue weighted by atomic mass is 16.5. The highest BCUT2D eigenvalue weighted by Gasteiger charge is 2.35. The maximum atomic E-state index is 12.5. The molecule has 2 aliphatic rings. The average molecular weight is 470 g/mol. The van der Waals surface area contributed by atoms with Crippen molar-refractivity contribution in [3.63, 3.8) is 0 Å². The number of benzene rings is 2. The number of hydrogen-bond donors (Lipinski definition) is 2. The molecule has 1 atom stereocenters. The molecule has 0 spiro atoms. The summed E-state index contributed by atoms with van der Waals surface area (Å²) in [7, 11) is 0. The van der Waals surface area contributed by atoms with Crippen LogP contribution in [0, 0.1) is 17.8 Å². The maximum absolute atomic E-state index is 12.5. The van der Waals surface area contributed by atoms with E-state index in [1.165, 1.54) is 0 Å². The quantitative estimate of drug-likeness (QED) is 0.529. The van der Waals surface area contributed by atoms with Crippen LogP contribution in [-0.4, -0.2) is 46.6 Å². The van der Waals surface area contributed by atoms with Crippen molar-refractivity contribution < 1.29 is 9.53 Å². The number of para-hydroxylation sites is 1. The van der Waals surface area contributed by atoms with E-state index in [9.17, 15) is 4.79 Å². The monoisotopic (exact) mass is 469 g/mol. The van der Waals surface area contributed by atoms with E-state index in [1.807, 2.05) is 66.2 Å². The van der Waals surface area contributed by atoms with Gasteiger partial charge in [0.05, 0.1) is 6.54 Å². The van der Waals surface area contributed by atoms with Crippen LogP contribution in [-0.2, 0) is 0 Å². The van der Waals surface area contributed by atoms with Gasteiger partial charge in [-0.25, -0.2) is 9.66 Å². The van der Waals surface area contributed by atoms with Crippen LogP contribution in [0.15, 0.2) is 54.6 Å². The van der Waals surface area contributed by atoms with Crippen LogP contribution in [0.1, 0.15) is 48.4 Å². The number of aromatic nitrogens is 2. The van der Waals surface area contributed by atoms with Crippen molar-refractivity contribution in [3.05, 3.63) is 66.1 Å². The Morgan fingerprint density at radius 3 is 2.49 bits per heavy atom. The van der Waals surface area contributed by atoms with Gasteiger partial charge in [-0.2, -0.15) is 0 Å². The Hall–Kier alpha value is -3.76. The van der Waals surface area contributed by atoms with E-state index in [0.29, 0.717) is 23.2 Å². The lowest BCUT2D eigenvalue weighted by atomic mass is 9.81. The van der Waals surface area contributed by atoms with Crippen LogP contribution >= 0.6 is 0 Å². The number of primary amides is 1. The summed E-state index contributed by atoms with van der Waals surface area (Å²) in [5.74, 6) is 8.91. The van der Waals surface area contributed by atoms with Gasteiger partial charge in [0.15, 0.2) is 5.69 Å². The van der Waals surface area contributed by atoms with Gasteiger partial charge in [0.2, 0.25) is 0 Å². The molecule has 35 heavy (non-hydrogen) atoms. The summed E-state index contributed by atoms with van der Waals surface area (Å²) < 4.78 is 7.76. The van der Waals surface area contributed by atoms with E-state index in [2.05, 4.69) is 22.2 Å². The number of carbonyl (C=O) groups excluding carboxylic acids is 1. The summed E-state index contributed by atoms with van der Waals surface area (Å²) in [5.41, 5.74) is 11.1. The second kappa shape index (κ2) is 10.2. The number of amides is 1. The Balaban J connectivity index is 1.40.